The fourth-order valence-corrected chi connectivity index (χ4v) is 3.56. The van der Waals surface area contributed by atoms with E-state index in [9.17, 15) is 27.9 Å². The highest BCUT2D eigenvalue weighted by molar-refractivity contribution is 5.98. The van der Waals surface area contributed by atoms with Crippen LogP contribution in [0.15, 0.2) is 36.4 Å². The predicted octanol–water partition coefficient (Wildman–Crippen LogP) is 5.35. The lowest BCUT2D eigenvalue weighted by Gasteiger charge is -2.17. The van der Waals surface area contributed by atoms with Gasteiger partial charge in [0.2, 0.25) is 5.88 Å². The largest absolute Gasteiger partial charge is 0.478 e. The van der Waals surface area contributed by atoms with Gasteiger partial charge in [0.05, 0.1) is 11.6 Å². The van der Waals surface area contributed by atoms with Crippen molar-refractivity contribution in [3.8, 4) is 11.6 Å². The Balaban J connectivity index is 1.94. The number of hydrogen-bond donors (Lipinski definition) is 2. The van der Waals surface area contributed by atoms with Crippen LogP contribution in [0.1, 0.15) is 69.4 Å². The number of nitrogens with zero attached hydrogens (tertiary/aromatic N) is 2. The first-order valence-corrected chi connectivity index (χ1v) is 10.5. The lowest BCUT2D eigenvalue weighted by atomic mass is 10.0. The molecule has 1 unspecified atom stereocenters. The third-order valence-corrected chi connectivity index (χ3v) is 5.40. The van der Waals surface area contributed by atoms with Crippen LogP contribution in [-0.2, 0) is 13.5 Å². The van der Waals surface area contributed by atoms with Crippen molar-refractivity contribution in [2.24, 2.45) is 7.05 Å². The molecular weight excluding hydrogens is 451 g/mol. The molecule has 0 spiro atoms. The average molecular weight is 475 g/mol. The summed E-state index contributed by atoms with van der Waals surface area (Å²) < 4.78 is 48.0. The number of amides is 1. The van der Waals surface area contributed by atoms with Crippen LogP contribution in [0, 0.1) is 12.7 Å². The highest BCUT2D eigenvalue weighted by Gasteiger charge is 2.30. The first kappa shape index (κ1) is 24.8. The number of carbonyl (C=O) groups is 2. The molecule has 0 aliphatic carbocycles. The summed E-state index contributed by atoms with van der Waals surface area (Å²) in [7, 11) is 1.36. The second-order valence-electron chi connectivity index (χ2n) is 7.77. The molecule has 2 N–H and O–H groups in total. The molecule has 0 saturated heterocycles. The number of aromatic nitrogens is 2. The Morgan fingerprint density at radius 2 is 1.91 bits per heavy atom. The van der Waals surface area contributed by atoms with Crippen LogP contribution in [0.5, 0.6) is 11.6 Å². The summed E-state index contributed by atoms with van der Waals surface area (Å²) >= 11 is 0. The number of carbonyl (C=O) groups excluding carboxylic acids is 1. The molecule has 1 amide bonds. The molecule has 0 fully saturated rings. The van der Waals surface area contributed by atoms with Crippen LogP contribution in [-0.4, -0.2) is 26.8 Å². The topological polar surface area (TPSA) is 93.4 Å². The van der Waals surface area contributed by atoms with Crippen molar-refractivity contribution >= 4 is 11.9 Å². The number of alkyl halides is 2. The van der Waals surface area contributed by atoms with Crippen molar-refractivity contribution in [1.82, 2.24) is 15.1 Å². The minimum atomic E-state index is -3.05. The molecule has 3 rings (SSSR count). The van der Waals surface area contributed by atoms with Crippen LogP contribution in [0.2, 0.25) is 0 Å². The number of aryl methyl sites for hydroxylation is 3. The SMILES string of the molecule is CCc1cc(Oc2c(C(=O)NC(C)c3ccc(C(=O)O)c(C)c3)c(C(F)F)nn2C)ccc1F. The number of aromatic carboxylic acids is 1. The van der Waals surface area contributed by atoms with E-state index in [0.717, 1.165) is 4.68 Å². The van der Waals surface area contributed by atoms with Crippen molar-refractivity contribution in [2.45, 2.75) is 39.7 Å². The minimum absolute atomic E-state index is 0.121. The zero-order valence-corrected chi connectivity index (χ0v) is 19.0. The molecule has 7 nitrogen and oxygen atoms in total. The Bertz CT molecular complexity index is 1240. The van der Waals surface area contributed by atoms with E-state index < -0.39 is 41.4 Å². The summed E-state index contributed by atoms with van der Waals surface area (Å²) in [5, 5.41) is 15.6. The van der Waals surface area contributed by atoms with E-state index in [1.54, 1.807) is 32.9 Å². The summed E-state index contributed by atoms with van der Waals surface area (Å²) in [5.74, 6) is -2.39. The normalized spacial score (nSPS) is 12.0. The van der Waals surface area contributed by atoms with Crippen LogP contribution in [0.25, 0.3) is 0 Å². The van der Waals surface area contributed by atoms with Crippen LogP contribution in [0.4, 0.5) is 13.2 Å². The Morgan fingerprint density at radius 1 is 1.21 bits per heavy atom. The van der Waals surface area contributed by atoms with Gasteiger partial charge in [-0.25, -0.2) is 22.6 Å². The van der Waals surface area contributed by atoms with E-state index in [1.165, 1.54) is 31.3 Å². The van der Waals surface area contributed by atoms with E-state index in [1.807, 2.05) is 0 Å². The number of ether oxygens (including phenoxy) is 1. The van der Waals surface area contributed by atoms with Crippen LogP contribution in [0.3, 0.4) is 0 Å². The summed E-state index contributed by atoms with van der Waals surface area (Å²) in [6.45, 7) is 5.02. The number of halogens is 3. The smallest absolute Gasteiger partial charge is 0.335 e. The number of hydrogen-bond acceptors (Lipinski definition) is 4. The molecule has 0 aliphatic rings. The summed E-state index contributed by atoms with van der Waals surface area (Å²) in [4.78, 5) is 24.3. The van der Waals surface area contributed by atoms with Crippen molar-refractivity contribution in [3.05, 3.63) is 75.7 Å². The summed E-state index contributed by atoms with van der Waals surface area (Å²) in [6.07, 6.45) is -2.65. The number of carboxylic acids is 1. The van der Waals surface area contributed by atoms with Gasteiger partial charge in [-0.05, 0) is 61.2 Å². The summed E-state index contributed by atoms with van der Waals surface area (Å²) in [6, 6.07) is 7.89. The Kier molecular flexibility index (Phi) is 7.29. The van der Waals surface area contributed by atoms with Crippen molar-refractivity contribution in [2.75, 3.05) is 0 Å². The maximum atomic E-state index is 13.8. The van der Waals surface area contributed by atoms with E-state index in [4.69, 9.17) is 4.74 Å². The molecule has 1 aromatic heterocycles. The van der Waals surface area contributed by atoms with Crippen molar-refractivity contribution in [1.29, 1.82) is 0 Å². The molecule has 0 saturated carbocycles. The van der Waals surface area contributed by atoms with Gasteiger partial charge in [0.1, 0.15) is 22.8 Å². The number of nitrogens with one attached hydrogen (secondary N) is 1. The third-order valence-electron chi connectivity index (χ3n) is 5.40. The molecule has 10 heteroatoms. The molecular formula is C24H24F3N3O4. The molecule has 34 heavy (non-hydrogen) atoms. The standard InChI is InChI=1S/C24H24F3N3O4/c1-5-14-11-16(7-9-18(14)25)34-23-19(20(21(26)27)29-30(23)4)22(31)28-13(3)15-6-8-17(24(32)33)12(2)10-15/h6-11,13,21H,5H2,1-4H3,(H,28,31)(H,32,33). The monoisotopic (exact) mass is 475 g/mol. The highest BCUT2D eigenvalue weighted by Crippen LogP contribution is 2.33. The van der Waals surface area contributed by atoms with Gasteiger partial charge in [-0.2, -0.15) is 5.10 Å². The molecule has 2 aromatic carbocycles. The Labute approximate surface area is 194 Å². The number of benzene rings is 2. The van der Waals surface area contributed by atoms with Gasteiger partial charge >= 0.3 is 5.97 Å². The fraction of sp³-hybridized carbons (Fsp3) is 0.292. The minimum Gasteiger partial charge on any atom is -0.478 e. The maximum absolute atomic E-state index is 13.8. The maximum Gasteiger partial charge on any atom is 0.335 e. The van der Waals surface area contributed by atoms with Gasteiger partial charge < -0.3 is 15.2 Å². The zero-order valence-electron chi connectivity index (χ0n) is 19.0. The third kappa shape index (κ3) is 5.05. The molecule has 1 heterocycles. The lowest BCUT2D eigenvalue weighted by Crippen LogP contribution is -2.28. The van der Waals surface area contributed by atoms with Gasteiger partial charge in [-0.3, -0.25) is 4.79 Å². The van der Waals surface area contributed by atoms with Gasteiger partial charge in [0, 0.05) is 7.05 Å². The molecule has 1 atom stereocenters. The number of rotatable bonds is 8. The van der Waals surface area contributed by atoms with E-state index in [-0.39, 0.29) is 17.2 Å². The molecule has 180 valence electrons. The predicted molar refractivity (Wildman–Crippen MR) is 118 cm³/mol. The fourth-order valence-electron chi connectivity index (χ4n) is 3.56. The van der Waals surface area contributed by atoms with E-state index >= 15 is 0 Å². The zero-order chi connectivity index (χ0) is 25.2. The van der Waals surface area contributed by atoms with Gasteiger partial charge in [-0.15, -0.1) is 0 Å². The number of carboxylic acid groups (broad SMARTS) is 1. The van der Waals surface area contributed by atoms with Crippen LogP contribution < -0.4 is 10.1 Å². The van der Waals surface area contributed by atoms with Gasteiger partial charge in [-0.1, -0.05) is 19.1 Å². The van der Waals surface area contributed by atoms with Crippen molar-refractivity contribution < 1.29 is 32.6 Å². The second kappa shape index (κ2) is 9.98. The summed E-state index contributed by atoms with van der Waals surface area (Å²) in [5.41, 5.74) is 0.382. The highest BCUT2D eigenvalue weighted by atomic mass is 19.3. The first-order valence-electron chi connectivity index (χ1n) is 10.5. The van der Waals surface area contributed by atoms with E-state index in [2.05, 4.69) is 10.4 Å². The average Bonchev–Trinajstić information content (AvgIpc) is 3.11. The first-order chi connectivity index (χ1) is 16.0. The quantitative estimate of drug-likeness (QED) is 0.458. The Morgan fingerprint density at radius 3 is 2.50 bits per heavy atom. The van der Waals surface area contributed by atoms with Crippen molar-refractivity contribution in [3.63, 3.8) is 0 Å². The molecule has 3 aromatic rings. The lowest BCUT2D eigenvalue weighted by molar-refractivity contribution is 0.0695. The Hall–Kier alpha value is -3.82. The molecule has 0 radical (unpaired) electrons. The van der Waals surface area contributed by atoms with Gasteiger partial charge in [0.25, 0.3) is 12.3 Å². The second-order valence-corrected chi connectivity index (χ2v) is 7.77. The van der Waals surface area contributed by atoms with Crippen LogP contribution >= 0.6 is 0 Å². The van der Waals surface area contributed by atoms with E-state index in [0.29, 0.717) is 23.1 Å². The molecule has 0 bridgehead atoms. The molecule has 0 aliphatic heterocycles. The van der Waals surface area contributed by atoms with Gasteiger partial charge in [0.15, 0.2) is 0 Å².